The van der Waals surface area contributed by atoms with Gasteiger partial charge >= 0.3 is 0 Å². The van der Waals surface area contributed by atoms with Gasteiger partial charge in [-0.25, -0.2) is 0 Å². The van der Waals surface area contributed by atoms with Crippen LogP contribution >= 0.6 is 0 Å². The summed E-state index contributed by atoms with van der Waals surface area (Å²) in [5.41, 5.74) is -0.850. The number of hydrogen-bond donors (Lipinski definition) is 2. The molecule has 0 saturated carbocycles. The highest BCUT2D eigenvalue weighted by Gasteiger charge is 2.35. The predicted octanol–water partition coefficient (Wildman–Crippen LogP) is 1.77. The second-order valence-corrected chi connectivity index (χ2v) is 6.63. The Balaban J connectivity index is 2.54. The van der Waals surface area contributed by atoms with Crippen LogP contribution in [0.1, 0.15) is 54.4 Å². The summed E-state index contributed by atoms with van der Waals surface area (Å²) in [6.07, 6.45) is 2.31. The van der Waals surface area contributed by atoms with Crippen LogP contribution in [-0.4, -0.2) is 46.2 Å². The lowest BCUT2D eigenvalue weighted by molar-refractivity contribution is -0.128. The Labute approximate surface area is 117 Å². The lowest BCUT2D eigenvalue weighted by Crippen LogP contribution is -2.52. The summed E-state index contributed by atoms with van der Waals surface area (Å²) < 4.78 is 0. The fourth-order valence-electron chi connectivity index (χ4n) is 2.73. The van der Waals surface area contributed by atoms with E-state index in [9.17, 15) is 9.90 Å². The van der Waals surface area contributed by atoms with Crippen LogP contribution in [0.5, 0.6) is 0 Å². The first kappa shape index (κ1) is 16.4. The Hall–Kier alpha value is -0.610. The number of carbonyl (C=O) groups excluding carboxylic acids is 1. The molecule has 1 fully saturated rings. The molecule has 0 spiro atoms. The van der Waals surface area contributed by atoms with E-state index in [1.807, 2.05) is 20.8 Å². The van der Waals surface area contributed by atoms with E-state index in [1.165, 1.54) is 0 Å². The minimum Gasteiger partial charge on any atom is -0.388 e. The molecular formula is C15H30N2O2. The van der Waals surface area contributed by atoms with Crippen molar-refractivity contribution in [3.05, 3.63) is 0 Å². The summed E-state index contributed by atoms with van der Waals surface area (Å²) in [5, 5.41) is 13.1. The van der Waals surface area contributed by atoms with Gasteiger partial charge in [0.2, 0.25) is 5.91 Å². The van der Waals surface area contributed by atoms with E-state index in [2.05, 4.69) is 24.1 Å². The van der Waals surface area contributed by atoms with Gasteiger partial charge in [-0.3, -0.25) is 9.69 Å². The van der Waals surface area contributed by atoms with Gasteiger partial charge in [0.15, 0.2) is 0 Å². The second-order valence-electron chi connectivity index (χ2n) is 6.63. The molecule has 0 bridgehead atoms. The summed E-state index contributed by atoms with van der Waals surface area (Å²) in [7, 11) is 0. The predicted molar refractivity (Wildman–Crippen MR) is 77.9 cm³/mol. The minimum atomic E-state index is -0.850. The molecule has 4 nitrogen and oxygen atoms in total. The van der Waals surface area contributed by atoms with Gasteiger partial charge in [0.1, 0.15) is 0 Å². The van der Waals surface area contributed by atoms with E-state index in [4.69, 9.17) is 0 Å². The zero-order chi connectivity index (χ0) is 14.8. The molecule has 1 heterocycles. The van der Waals surface area contributed by atoms with Crippen molar-refractivity contribution in [1.82, 2.24) is 10.2 Å². The van der Waals surface area contributed by atoms with Crippen molar-refractivity contribution in [1.29, 1.82) is 0 Å². The summed E-state index contributed by atoms with van der Waals surface area (Å²) in [5.74, 6) is 0.134. The third kappa shape index (κ3) is 3.93. The average molecular weight is 270 g/mol. The summed E-state index contributed by atoms with van der Waals surface area (Å²) in [4.78, 5) is 14.5. The van der Waals surface area contributed by atoms with Crippen molar-refractivity contribution >= 4 is 5.91 Å². The molecule has 4 heteroatoms. The largest absolute Gasteiger partial charge is 0.388 e. The van der Waals surface area contributed by atoms with Crippen LogP contribution in [0.15, 0.2) is 0 Å². The van der Waals surface area contributed by atoms with Gasteiger partial charge in [0, 0.05) is 18.6 Å². The second kappa shape index (κ2) is 6.23. The Morgan fingerprint density at radius 1 is 1.32 bits per heavy atom. The standard InChI is InChI=1S/C15H30N2O2/c1-10(2)15(6,19)9-16-14(18)13(5)17-11(3)7-8-12(17)4/h10-13,19H,7-9H2,1-6H3,(H,16,18). The molecule has 0 aliphatic carbocycles. The molecule has 1 aliphatic heterocycles. The van der Waals surface area contributed by atoms with Crippen LogP contribution < -0.4 is 5.32 Å². The molecule has 2 N–H and O–H groups in total. The number of likely N-dealkylation sites (tertiary alicyclic amines) is 1. The quantitative estimate of drug-likeness (QED) is 0.800. The first-order valence-corrected chi connectivity index (χ1v) is 7.44. The van der Waals surface area contributed by atoms with Crippen molar-refractivity contribution in [3.8, 4) is 0 Å². The van der Waals surface area contributed by atoms with E-state index in [0.29, 0.717) is 18.6 Å². The molecule has 0 aromatic carbocycles. The topological polar surface area (TPSA) is 52.6 Å². The molecule has 112 valence electrons. The number of carbonyl (C=O) groups is 1. The zero-order valence-electron chi connectivity index (χ0n) is 13.2. The van der Waals surface area contributed by atoms with Crippen molar-refractivity contribution in [2.75, 3.05) is 6.54 Å². The number of amides is 1. The lowest BCUT2D eigenvalue weighted by atomic mass is 9.92. The van der Waals surface area contributed by atoms with Crippen molar-refractivity contribution in [3.63, 3.8) is 0 Å². The normalized spacial score (nSPS) is 29.3. The highest BCUT2D eigenvalue weighted by atomic mass is 16.3. The molecule has 0 aromatic heterocycles. The van der Waals surface area contributed by atoms with Gasteiger partial charge in [-0.05, 0) is 46.5 Å². The smallest absolute Gasteiger partial charge is 0.237 e. The van der Waals surface area contributed by atoms with E-state index in [1.54, 1.807) is 6.92 Å². The Kier molecular flexibility index (Phi) is 5.39. The van der Waals surface area contributed by atoms with Crippen LogP contribution in [0.25, 0.3) is 0 Å². The molecule has 0 aromatic rings. The van der Waals surface area contributed by atoms with Crippen LogP contribution in [0.2, 0.25) is 0 Å². The van der Waals surface area contributed by atoms with E-state index < -0.39 is 5.60 Å². The summed E-state index contributed by atoms with van der Waals surface area (Å²) >= 11 is 0. The number of nitrogens with one attached hydrogen (secondary N) is 1. The zero-order valence-corrected chi connectivity index (χ0v) is 13.2. The van der Waals surface area contributed by atoms with Gasteiger partial charge in [-0.2, -0.15) is 0 Å². The molecule has 1 saturated heterocycles. The van der Waals surface area contributed by atoms with Crippen LogP contribution in [0.3, 0.4) is 0 Å². The van der Waals surface area contributed by atoms with Crippen molar-refractivity contribution < 1.29 is 9.90 Å². The maximum absolute atomic E-state index is 12.2. The Morgan fingerprint density at radius 2 is 1.79 bits per heavy atom. The molecular weight excluding hydrogens is 240 g/mol. The van der Waals surface area contributed by atoms with Gasteiger partial charge in [-0.15, -0.1) is 0 Å². The molecule has 1 rings (SSSR count). The highest BCUT2D eigenvalue weighted by Crippen LogP contribution is 2.26. The van der Waals surface area contributed by atoms with Crippen LogP contribution in [0.4, 0.5) is 0 Å². The number of nitrogens with zero attached hydrogens (tertiary/aromatic N) is 1. The van der Waals surface area contributed by atoms with E-state index in [-0.39, 0.29) is 17.9 Å². The average Bonchev–Trinajstić information content (AvgIpc) is 2.65. The van der Waals surface area contributed by atoms with Crippen molar-refractivity contribution in [2.45, 2.75) is 78.1 Å². The molecule has 1 aliphatic rings. The summed E-state index contributed by atoms with van der Waals surface area (Å²) in [6.45, 7) is 12.3. The SMILES string of the molecule is CC1CCC(C)N1C(C)C(=O)NCC(C)(O)C(C)C. The number of rotatable bonds is 5. The molecule has 1 amide bonds. The van der Waals surface area contributed by atoms with Crippen LogP contribution in [-0.2, 0) is 4.79 Å². The van der Waals surface area contributed by atoms with Gasteiger partial charge in [0.25, 0.3) is 0 Å². The Morgan fingerprint density at radius 3 is 2.21 bits per heavy atom. The van der Waals surface area contributed by atoms with Crippen LogP contribution in [0, 0.1) is 5.92 Å². The van der Waals surface area contributed by atoms with Crippen molar-refractivity contribution in [2.24, 2.45) is 5.92 Å². The Bertz CT molecular complexity index is 305. The fourth-order valence-corrected chi connectivity index (χ4v) is 2.73. The maximum Gasteiger partial charge on any atom is 0.237 e. The summed E-state index contributed by atoms with van der Waals surface area (Å²) in [6, 6.07) is 0.790. The molecule has 19 heavy (non-hydrogen) atoms. The molecule has 4 atom stereocenters. The first-order chi connectivity index (χ1) is 8.66. The van der Waals surface area contributed by atoms with Gasteiger partial charge in [-0.1, -0.05) is 13.8 Å². The number of hydrogen-bond acceptors (Lipinski definition) is 3. The highest BCUT2D eigenvalue weighted by molar-refractivity contribution is 5.81. The third-order valence-corrected chi connectivity index (χ3v) is 4.71. The molecule has 0 radical (unpaired) electrons. The van der Waals surface area contributed by atoms with E-state index in [0.717, 1.165) is 12.8 Å². The molecule has 4 unspecified atom stereocenters. The lowest BCUT2D eigenvalue weighted by Gasteiger charge is -2.33. The fraction of sp³-hybridized carbons (Fsp3) is 0.933. The maximum atomic E-state index is 12.2. The minimum absolute atomic E-state index is 0.0153. The van der Waals surface area contributed by atoms with Gasteiger partial charge in [0.05, 0.1) is 11.6 Å². The van der Waals surface area contributed by atoms with E-state index >= 15 is 0 Å². The third-order valence-electron chi connectivity index (χ3n) is 4.71. The first-order valence-electron chi connectivity index (χ1n) is 7.44. The monoisotopic (exact) mass is 270 g/mol. The number of aliphatic hydroxyl groups is 1. The van der Waals surface area contributed by atoms with Gasteiger partial charge < -0.3 is 10.4 Å².